The largest absolute Gasteiger partial charge is 0.469 e. The molecule has 0 unspecified atom stereocenters. The van der Waals surface area contributed by atoms with Crippen molar-refractivity contribution < 1.29 is 27.4 Å². The van der Waals surface area contributed by atoms with E-state index in [1.807, 2.05) is 0 Å². The maximum Gasteiger partial charge on any atom is 0.436 e. The highest BCUT2D eigenvalue weighted by Gasteiger charge is 2.48. The number of para-hydroxylation sites is 1. The van der Waals surface area contributed by atoms with Gasteiger partial charge in [0.25, 0.3) is 6.10 Å². The molecule has 1 rings (SSSR count). The molecule has 16 heavy (non-hydrogen) atoms. The van der Waals surface area contributed by atoms with Gasteiger partial charge in [-0.15, -0.1) is 0 Å². The van der Waals surface area contributed by atoms with E-state index in [4.69, 9.17) is 0 Å². The number of hydrogen-bond acceptors (Lipinski definition) is 3. The van der Waals surface area contributed by atoms with Gasteiger partial charge in [-0.25, -0.2) is 4.79 Å². The van der Waals surface area contributed by atoms with Crippen molar-refractivity contribution in [2.45, 2.75) is 12.3 Å². The molecule has 0 aliphatic carbocycles. The van der Waals surface area contributed by atoms with Gasteiger partial charge in [-0.3, -0.25) is 0 Å². The maximum atomic E-state index is 12.4. The first-order chi connectivity index (χ1) is 7.45. The molecule has 0 heterocycles. The van der Waals surface area contributed by atoms with Crippen LogP contribution in [0.25, 0.3) is 0 Å². The third kappa shape index (κ3) is 3.15. The first-order valence-corrected chi connectivity index (χ1v) is 4.31. The maximum absolute atomic E-state index is 12.4. The number of esters is 1. The topological polar surface area (TPSA) is 35.5 Å². The minimum absolute atomic E-state index is 0.0461. The molecule has 0 aromatic heterocycles. The molecular weight excluding hydrogens is 225 g/mol. The van der Waals surface area contributed by atoms with Gasteiger partial charge in [0.05, 0.1) is 7.11 Å². The molecule has 0 spiro atoms. The van der Waals surface area contributed by atoms with Gasteiger partial charge in [-0.1, -0.05) is 18.2 Å². The van der Waals surface area contributed by atoms with E-state index in [0.717, 1.165) is 7.11 Å². The van der Waals surface area contributed by atoms with Crippen LogP contribution in [0.2, 0.25) is 0 Å². The number of ether oxygens (including phenoxy) is 2. The lowest BCUT2D eigenvalue weighted by atomic mass is 10.3. The Morgan fingerprint density at radius 2 is 1.81 bits per heavy atom. The Morgan fingerprint density at radius 3 is 2.25 bits per heavy atom. The van der Waals surface area contributed by atoms with E-state index >= 15 is 0 Å². The Bertz CT molecular complexity index is 348. The summed E-state index contributed by atoms with van der Waals surface area (Å²) in [6, 6.07) is 7.26. The van der Waals surface area contributed by atoms with Crippen LogP contribution in [0.4, 0.5) is 13.2 Å². The predicted octanol–water partition coefficient (Wildman–Crippen LogP) is 2.17. The first-order valence-electron chi connectivity index (χ1n) is 4.31. The highest BCUT2D eigenvalue weighted by molar-refractivity contribution is 5.76. The summed E-state index contributed by atoms with van der Waals surface area (Å²) in [6.45, 7) is 0. The third-order valence-corrected chi connectivity index (χ3v) is 1.71. The second-order valence-electron chi connectivity index (χ2n) is 2.88. The highest BCUT2D eigenvalue weighted by Crippen LogP contribution is 2.25. The van der Waals surface area contributed by atoms with E-state index in [0.29, 0.717) is 0 Å². The van der Waals surface area contributed by atoms with Crippen LogP contribution in [-0.2, 0) is 9.53 Å². The third-order valence-electron chi connectivity index (χ3n) is 1.71. The van der Waals surface area contributed by atoms with Gasteiger partial charge in [0, 0.05) is 0 Å². The Morgan fingerprint density at radius 1 is 1.25 bits per heavy atom. The normalized spacial score (nSPS) is 13.0. The average molecular weight is 234 g/mol. The second kappa shape index (κ2) is 4.87. The van der Waals surface area contributed by atoms with E-state index in [2.05, 4.69) is 9.47 Å². The molecule has 6 heteroatoms. The smallest absolute Gasteiger partial charge is 0.436 e. The van der Waals surface area contributed by atoms with Gasteiger partial charge in [-0.2, -0.15) is 13.2 Å². The minimum Gasteiger partial charge on any atom is -0.469 e. The summed E-state index contributed by atoms with van der Waals surface area (Å²) in [5, 5.41) is 0. The van der Waals surface area contributed by atoms with E-state index in [1.165, 1.54) is 24.3 Å². The lowest BCUT2D eigenvalue weighted by molar-refractivity contribution is -0.209. The van der Waals surface area contributed by atoms with Crippen LogP contribution in [0, 0.1) is 0 Å². The van der Waals surface area contributed by atoms with Gasteiger partial charge >= 0.3 is 12.1 Å². The highest BCUT2D eigenvalue weighted by atomic mass is 19.4. The molecule has 0 saturated carbocycles. The fraction of sp³-hybridized carbons (Fsp3) is 0.300. The molecule has 1 aromatic carbocycles. The van der Waals surface area contributed by atoms with Crippen LogP contribution in [0.3, 0.4) is 0 Å². The predicted molar refractivity (Wildman–Crippen MR) is 48.9 cm³/mol. The molecule has 0 amide bonds. The zero-order valence-corrected chi connectivity index (χ0v) is 8.32. The number of benzene rings is 1. The average Bonchev–Trinajstić information content (AvgIpc) is 2.25. The van der Waals surface area contributed by atoms with Crippen molar-refractivity contribution in [1.29, 1.82) is 0 Å². The Balaban J connectivity index is 2.84. The van der Waals surface area contributed by atoms with Crippen molar-refractivity contribution in [2.75, 3.05) is 7.11 Å². The molecule has 88 valence electrons. The molecule has 3 nitrogen and oxygen atoms in total. The molecule has 0 N–H and O–H groups in total. The number of alkyl halides is 3. The summed E-state index contributed by atoms with van der Waals surface area (Å²) in [6.07, 6.45) is -7.40. The van der Waals surface area contributed by atoms with Crippen molar-refractivity contribution in [1.82, 2.24) is 0 Å². The monoisotopic (exact) mass is 234 g/mol. The van der Waals surface area contributed by atoms with Gasteiger partial charge in [0.1, 0.15) is 5.75 Å². The fourth-order valence-electron chi connectivity index (χ4n) is 0.991. The molecule has 0 aliphatic heterocycles. The lowest BCUT2D eigenvalue weighted by Gasteiger charge is -2.19. The van der Waals surface area contributed by atoms with Crippen molar-refractivity contribution >= 4 is 5.97 Å². The molecular formula is C10H9F3O3. The minimum atomic E-state index is -4.80. The van der Waals surface area contributed by atoms with Crippen LogP contribution in [0.1, 0.15) is 0 Å². The number of methoxy groups -OCH3 is 1. The van der Waals surface area contributed by atoms with Crippen molar-refractivity contribution in [3.63, 3.8) is 0 Å². The fourth-order valence-corrected chi connectivity index (χ4v) is 0.991. The molecule has 0 bridgehead atoms. The van der Waals surface area contributed by atoms with E-state index in [9.17, 15) is 18.0 Å². The summed E-state index contributed by atoms with van der Waals surface area (Å²) in [5.41, 5.74) is 0. The van der Waals surface area contributed by atoms with E-state index in [-0.39, 0.29) is 5.75 Å². The molecule has 0 fully saturated rings. The molecule has 1 aromatic rings. The summed E-state index contributed by atoms with van der Waals surface area (Å²) in [5.74, 6) is -1.52. The van der Waals surface area contributed by atoms with Crippen LogP contribution in [-0.4, -0.2) is 25.4 Å². The van der Waals surface area contributed by atoms with Crippen LogP contribution in [0.15, 0.2) is 30.3 Å². The number of rotatable bonds is 3. The van der Waals surface area contributed by atoms with E-state index < -0.39 is 18.2 Å². The quantitative estimate of drug-likeness (QED) is 0.752. The molecule has 0 aliphatic rings. The van der Waals surface area contributed by atoms with E-state index in [1.54, 1.807) is 6.07 Å². The summed E-state index contributed by atoms with van der Waals surface area (Å²) in [4.78, 5) is 10.9. The van der Waals surface area contributed by atoms with Crippen LogP contribution < -0.4 is 4.74 Å². The Hall–Kier alpha value is -1.72. The van der Waals surface area contributed by atoms with Crippen molar-refractivity contribution in [2.24, 2.45) is 0 Å². The lowest BCUT2D eigenvalue weighted by Crippen LogP contribution is -2.42. The zero-order chi connectivity index (χ0) is 12.2. The molecule has 0 radical (unpaired) electrons. The van der Waals surface area contributed by atoms with Gasteiger partial charge in [-0.05, 0) is 12.1 Å². The van der Waals surface area contributed by atoms with Crippen LogP contribution in [0.5, 0.6) is 5.75 Å². The molecule has 0 saturated heterocycles. The summed E-state index contributed by atoms with van der Waals surface area (Å²) in [7, 11) is 0.870. The van der Waals surface area contributed by atoms with Gasteiger partial charge in [0.2, 0.25) is 0 Å². The van der Waals surface area contributed by atoms with Crippen molar-refractivity contribution in [3.05, 3.63) is 30.3 Å². The van der Waals surface area contributed by atoms with Gasteiger partial charge < -0.3 is 9.47 Å². The summed E-state index contributed by atoms with van der Waals surface area (Å²) < 4.78 is 45.8. The second-order valence-corrected chi connectivity index (χ2v) is 2.88. The SMILES string of the molecule is COC(=O)[C@H](Oc1ccccc1)C(F)(F)F. The number of carbonyl (C=O) groups is 1. The molecule has 1 atom stereocenters. The number of carbonyl (C=O) groups excluding carboxylic acids is 1. The van der Waals surface area contributed by atoms with Gasteiger partial charge in [0.15, 0.2) is 0 Å². The Labute approximate surface area is 89.8 Å². The summed E-state index contributed by atoms with van der Waals surface area (Å²) >= 11 is 0. The van der Waals surface area contributed by atoms with Crippen LogP contribution >= 0.6 is 0 Å². The number of halogens is 3. The zero-order valence-electron chi connectivity index (χ0n) is 8.32. The van der Waals surface area contributed by atoms with Crippen molar-refractivity contribution in [3.8, 4) is 5.75 Å². The Kier molecular flexibility index (Phi) is 3.76. The number of hydrogen-bond donors (Lipinski definition) is 0. The first kappa shape index (κ1) is 12.4. The standard InChI is InChI=1S/C10H9F3O3/c1-15-9(14)8(10(11,12)13)16-7-5-3-2-4-6-7/h2-6,8H,1H3/t8-/m0/s1.